The third-order valence-corrected chi connectivity index (χ3v) is 15.9. The van der Waals surface area contributed by atoms with Gasteiger partial charge in [-0.3, -0.25) is 19.2 Å². The molecule has 0 saturated heterocycles. The van der Waals surface area contributed by atoms with Crippen molar-refractivity contribution in [2.75, 3.05) is 46.8 Å². The van der Waals surface area contributed by atoms with Crippen molar-refractivity contribution in [3.8, 4) is 23.0 Å². The predicted octanol–water partition coefficient (Wildman–Crippen LogP) is 11.8. The van der Waals surface area contributed by atoms with Gasteiger partial charge in [0.1, 0.15) is 5.78 Å². The average Bonchev–Trinajstić information content (AvgIpc) is 3.30. The van der Waals surface area contributed by atoms with Crippen LogP contribution in [0.1, 0.15) is 110 Å². The second-order valence-electron chi connectivity index (χ2n) is 20.7. The molecule has 65 heavy (non-hydrogen) atoms. The highest BCUT2D eigenvalue weighted by Crippen LogP contribution is 2.43. The van der Waals surface area contributed by atoms with Crippen LogP contribution < -0.4 is 14.2 Å². The van der Waals surface area contributed by atoms with E-state index in [4.69, 9.17) is 23.7 Å². The molecule has 1 unspecified atom stereocenters. The number of fused-ring (bicyclic) bond motifs is 3. The van der Waals surface area contributed by atoms with Gasteiger partial charge in [-0.2, -0.15) is 0 Å². The van der Waals surface area contributed by atoms with Crippen molar-refractivity contribution >= 4 is 45.4 Å². The highest BCUT2D eigenvalue weighted by molar-refractivity contribution is 6.76. The molecule has 3 atom stereocenters. The summed E-state index contributed by atoms with van der Waals surface area (Å²) in [5.41, 5.74) is 5.50. The molecule has 0 heterocycles. The molecule has 0 fully saturated rings. The number of phenolic OH excluding ortho intramolecular Hbond substituents is 1. The van der Waals surface area contributed by atoms with Gasteiger partial charge in [-0.25, -0.2) is 0 Å². The lowest BCUT2D eigenvalue weighted by molar-refractivity contribution is -0.124. The number of phenols is 1. The van der Waals surface area contributed by atoms with Gasteiger partial charge in [0.05, 0.1) is 45.4 Å². The first-order valence-electron chi connectivity index (χ1n) is 23.6. The molecule has 3 aliphatic carbocycles. The summed E-state index contributed by atoms with van der Waals surface area (Å²) in [6.07, 6.45) is 11.9. The molecule has 2 aromatic carbocycles. The van der Waals surface area contributed by atoms with Gasteiger partial charge < -0.3 is 28.8 Å². The predicted molar refractivity (Wildman–Crippen MR) is 265 cm³/mol. The van der Waals surface area contributed by atoms with Gasteiger partial charge in [0.2, 0.25) is 0 Å². The van der Waals surface area contributed by atoms with Crippen molar-refractivity contribution in [1.82, 2.24) is 0 Å². The van der Waals surface area contributed by atoms with Crippen LogP contribution in [0, 0.1) is 11.8 Å². The summed E-state index contributed by atoms with van der Waals surface area (Å²) in [6, 6.07) is 8.68. The van der Waals surface area contributed by atoms with E-state index in [-0.39, 0.29) is 66.6 Å². The Balaban J connectivity index is 1.27. The van der Waals surface area contributed by atoms with Crippen LogP contribution in [-0.4, -0.2) is 91.1 Å². The Labute approximate surface area is 389 Å². The maximum absolute atomic E-state index is 14.2. The average molecular weight is 927 g/mol. The minimum Gasteiger partial charge on any atom is -0.504 e. The molecule has 0 aliphatic heterocycles. The lowest BCUT2D eigenvalue weighted by Crippen LogP contribution is -2.28. The molecule has 0 spiro atoms. The Kier molecular flexibility index (Phi) is 18.6. The lowest BCUT2D eigenvalue weighted by Gasteiger charge is -2.24. The molecule has 12 heteroatoms. The number of hydrogen-bond acceptors (Lipinski definition) is 10. The van der Waals surface area contributed by atoms with Crippen molar-refractivity contribution in [2.24, 2.45) is 11.8 Å². The van der Waals surface area contributed by atoms with Gasteiger partial charge in [0, 0.05) is 64.8 Å². The maximum atomic E-state index is 14.2. The fourth-order valence-corrected chi connectivity index (χ4v) is 9.90. The van der Waals surface area contributed by atoms with Crippen LogP contribution >= 0.6 is 0 Å². The van der Waals surface area contributed by atoms with E-state index < -0.39 is 28.0 Å². The Morgan fingerprint density at radius 1 is 0.738 bits per heavy atom. The number of hydrogen-bond donors (Lipinski definition) is 1. The number of carbonyl (C=O) groups excluding carboxylic acids is 4. The zero-order chi connectivity index (χ0) is 47.5. The number of Topliss-reactive ketones (excluding diaryl/α,β-unsaturated/α-hetero) is 4. The molecule has 0 bridgehead atoms. The number of benzene rings is 2. The molecule has 0 amide bonds. The molecule has 0 saturated carbocycles. The molecule has 3 aliphatic rings. The highest BCUT2D eigenvalue weighted by atomic mass is 28.3. The highest BCUT2D eigenvalue weighted by Gasteiger charge is 2.41. The number of rotatable bonds is 19. The van der Waals surface area contributed by atoms with E-state index in [9.17, 15) is 24.3 Å². The molecular weight excluding hydrogens is 853 g/mol. The topological polar surface area (TPSA) is 135 Å². The molecule has 0 radical (unpaired) electrons. The van der Waals surface area contributed by atoms with E-state index in [0.29, 0.717) is 97.9 Å². The summed E-state index contributed by atoms with van der Waals surface area (Å²) in [6.45, 7) is 22.0. The van der Waals surface area contributed by atoms with E-state index in [1.54, 1.807) is 31.4 Å². The molecule has 10 nitrogen and oxygen atoms in total. The van der Waals surface area contributed by atoms with Gasteiger partial charge in [-0.05, 0) is 105 Å². The number of allylic oxidation sites excluding steroid dienone is 6. The number of ether oxygens (including phenoxy) is 5. The van der Waals surface area contributed by atoms with Gasteiger partial charge in [-0.15, -0.1) is 0 Å². The third-order valence-electron chi connectivity index (χ3n) is 12.5. The summed E-state index contributed by atoms with van der Waals surface area (Å²) in [7, 11) is -1.14. The first-order chi connectivity index (χ1) is 30.7. The third kappa shape index (κ3) is 15.1. The van der Waals surface area contributed by atoms with Crippen LogP contribution in [0.3, 0.4) is 0 Å². The van der Waals surface area contributed by atoms with Crippen molar-refractivity contribution in [2.45, 2.75) is 129 Å². The fraction of sp³-hybridized carbons (Fsp3) is 0.547. The summed E-state index contributed by atoms with van der Waals surface area (Å²) < 4.78 is 30.5. The van der Waals surface area contributed by atoms with E-state index in [2.05, 4.69) is 39.3 Å². The molecule has 354 valence electrons. The van der Waals surface area contributed by atoms with Gasteiger partial charge >= 0.3 is 0 Å². The first-order valence-corrected chi connectivity index (χ1v) is 31.0. The Morgan fingerprint density at radius 2 is 1.42 bits per heavy atom. The summed E-state index contributed by atoms with van der Waals surface area (Å²) in [5, 5.41) is 11.1. The number of methoxy groups -OCH3 is 1. The van der Waals surface area contributed by atoms with Crippen LogP contribution in [-0.2, 0) is 19.1 Å². The summed E-state index contributed by atoms with van der Waals surface area (Å²) in [5.74, 6) is -0.401. The van der Waals surface area contributed by atoms with Crippen LogP contribution in [0.4, 0.5) is 0 Å². The van der Waals surface area contributed by atoms with Crippen LogP contribution in [0.15, 0.2) is 64.8 Å². The SMILES string of the molecule is COc1cc2c(cc1OCCCCCOc1cc3c(cc1O)C(=O)CC/C=C(/C)C[C@H](C)C(=O)C/C(COCC[Si](C)(C)C)=C/3)C(COCC[Si](C)(C)C)C(=O)[C@@H]1CC(C)=CC=C1C2=O. The van der Waals surface area contributed by atoms with Crippen LogP contribution in [0.25, 0.3) is 6.08 Å². The molecule has 1 N–H and O–H groups in total. The molecular formula is C53H74O10Si2. The quantitative estimate of drug-likeness (QED) is 0.0824. The second-order valence-corrected chi connectivity index (χ2v) is 32.0. The van der Waals surface area contributed by atoms with Crippen molar-refractivity contribution in [1.29, 1.82) is 0 Å². The van der Waals surface area contributed by atoms with Crippen molar-refractivity contribution in [3.05, 3.63) is 87.0 Å². The number of unbranched alkanes of at least 4 members (excludes halogenated alkanes) is 2. The largest absolute Gasteiger partial charge is 0.504 e. The smallest absolute Gasteiger partial charge is 0.190 e. The monoisotopic (exact) mass is 926 g/mol. The van der Waals surface area contributed by atoms with Crippen LogP contribution in [0.5, 0.6) is 23.0 Å². The molecule has 0 aromatic heterocycles. The van der Waals surface area contributed by atoms with E-state index in [0.717, 1.165) is 35.2 Å². The van der Waals surface area contributed by atoms with Gasteiger partial charge in [0.25, 0.3) is 0 Å². The van der Waals surface area contributed by atoms with E-state index >= 15 is 0 Å². The summed E-state index contributed by atoms with van der Waals surface area (Å²) in [4.78, 5) is 55.4. The zero-order valence-corrected chi connectivity index (χ0v) is 42.8. The number of ketones is 4. The lowest BCUT2D eigenvalue weighted by atomic mass is 9.80. The van der Waals surface area contributed by atoms with E-state index in [1.807, 2.05) is 39.0 Å². The fourth-order valence-electron chi connectivity index (χ4n) is 8.39. The normalized spacial score (nSPS) is 21.4. The minimum absolute atomic E-state index is 0.00897. The Morgan fingerprint density at radius 3 is 2.09 bits per heavy atom. The number of aromatic hydroxyl groups is 1. The van der Waals surface area contributed by atoms with Gasteiger partial charge in [-0.1, -0.05) is 81.7 Å². The van der Waals surface area contributed by atoms with Gasteiger partial charge in [0.15, 0.2) is 40.3 Å². The minimum atomic E-state index is -1.36. The zero-order valence-electron chi connectivity index (χ0n) is 40.8. The number of carbonyl (C=O) groups is 4. The summed E-state index contributed by atoms with van der Waals surface area (Å²) >= 11 is 0. The first kappa shape index (κ1) is 51.6. The standard InChI is InChI=1S/C53H74O10Si2/c1-35-15-14-16-46(54)41-30-48(56)49(29-39(41)27-38(28-47(55)37(3)25-35)33-60-21-23-64(5,6)7)62-19-12-11-13-20-63-51-31-42-44(32-50(51)59-4)52(57)40-18-17-36(2)26-43(40)53(58)45(42)34-61-22-24-65(8,9)10/h15,17-18,27,29-32,37,43,45,56H,11-14,16,19-26,28,33-34H2,1-10H3/b35-15-,38-27-/t37-,43+,45?/m0/s1. The van der Waals surface area contributed by atoms with E-state index in [1.165, 1.54) is 6.07 Å². The van der Waals surface area contributed by atoms with Crippen LogP contribution in [0.2, 0.25) is 51.4 Å². The Hall–Kier alpha value is -4.37. The molecule has 5 rings (SSSR count). The Bertz CT molecular complexity index is 2180. The maximum Gasteiger partial charge on any atom is 0.190 e. The van der Waals surface area contributed by atoms with Crippen molar-refractivity contribution in [3.63, 3.8) is 0 Å². The molecule has 2 aromatic rings. The van der Waals surface area contributed by atoms with Crippen molar-refractivity contribution < 1.29 is 48.0 Å². The second kappa shape index (κ2) is 23.4.